The van der Waals surface area contributed by atoms with E-state index in [1.165, 1.54) is 92.9 Å². The smallest absolute Gasteiger partial charge is 0.000740 e. The van der Waals surface area contributed by atoms with Crippen LogP contribution in [-0.2, 0) is 6.42 Å². The Morgan fingerprint density at radius 2 is 1.39 bits per heavy atom. The average Bonchev–Trinajstić information content (AvgIpc) is 3.11. The van der Waals surface area contributed by atoms with Gasteiger partial charge < -0.3 is 0 Å². The van der Waals surface area contributed by atoms with E-state index in [4.69, 9.17) is 0 Å². The Morgan fingerprint density at radius 3 is 2.11 bits per heavy atom. The highest BCUT2D eigenvalue weighted by Gasteiger charge is 2.21. The van der Waals surface area contributed by atoms with E-state index in [0.717, 1.165) is 6.42 Å². The lowest BCUT2D eigenvalue weighted by Crippen LogP contribution is -1.93. The maximum atomic E-state index is 2.35. The monoisotopic (exact) mass is 374 g/mol. The predicted octanol–water partition coefficient (Wildman–Crippen LogP) is 8.97. The lowest BCUT2D eigenvalue weighted by atomic mass is 9.92. The van der Waals surface area contributed by atoms with Gasteiger partial charge in [-0.1, -0.05) is 113 Å². The fraction of sp³-hybridized carbons (Fsp3) is 0.500. The van der Waals surface area contributed by atoms with Gasteiger partial charge in [-0.25, -0.2) is 0 Å². The van der Waals surface area contributed by atoms with Crippen LogP contribution in [0.25, 0.3) is 16.7 Å². The van der Waals surface area contributed by atoms with Crippen molar-refractivity contribution in [2.45, 2.75) is 90.9 Å². The Kier molecular flexibility index (Phi) is 8.40. The number of benzene rings is 2. The van der Waals surface area contributed by atoms with Crippen molar-refractivity contribution in [1.29, 1.82) is 0 Å². The summed E-state index contributed by atoms with van der Waals surface area (Å²) < 4.78 is 0. The Morgan fingerprint density at radius 1 is 0.750 bits per heavy atom. The lowest BCUT2D eigenvalue weighted by Gasteiger charge is -2.13. The highest BCUT2D eigenvalue weighted by Crippen LogP contribution is 2.40. The Bertz CT molecular complexity index is 765. The molecule has 1 aliphatic rings. The van der Waals surface area contributed by atoms with Crippen LogP contribution in [0.15, 0.2) is 48.5 Å². The molecule has 2 aromatic carbocycles. The molecule has 0 saturated carbocycles. The second-order valence-corrected chi connectivity index (χ2v) is 8.41. The van der Waals surface area contributed by atoms with Crippen molar-refractivity contribution in [2.24, 2.45) is 0 Å². The molecule has 0 spiro atoms. The first kappa shape index (κ1) is 20.9. The molecule has 0 heteroatoms. The SMILES string of the molecule is CC=C(CCCCCCCCCCCC)c1cccc2c1Cc1ccccc1-2. The minimum atomic E-state index is 1.09. The predicted molar refractivity (Wildman–Crippen MR) is 125 cm³/mol. The van der Waals surface area contributed by atoms with Crippen molar-refractivity contribution in [3.8, 4) is 11.1 Å². The molecule has 0 nitrogen and oxygen atoms in total. The van der Waals surface area contributed by atoms with Crippen LogP contribution in [0.2, 0.25) is 0 Å². The summed E-state index contributed by atoms with van der Waals surface area (Å²) in [5.74, 6) is 0. The highest BCUT2D eigenvalue weighted by molar-refractivity contribution is 5.83. The van der Waals surface area contributed by atoms with Crippen LogP contribution < -0.4 is 0 Å². The first-order valence-electron chi connectivity index (χ1n) is 11.7. The Labute approximate surface area is 173 Å². The molecule has 0 bridgehead atoms. The minimum absolute atomic E-state index is 1.09. The van der Waals surface area contributed by atoms with Gasteiger partial charge >= 0.3 is 0 Å². The summed E-state index contributed by atoms with van der Waals surface area (Å²) in [4.78, 5) is 0. The zero-order valence-electron chi connectivity index (χ0n) is 18.1. The number of allylic oxidation sites excluding steroid dienone is 2. The molecule has 0 amide bonds. The number of unbranched alkanes of at least 4 members (excludes halogenated alkanes) is 9. The lowest BCUT2D eigenvalue weighted by molar-refractivity contribution is 0.558. The zero-order chi connectivity index (χ0) is 19.6. The minimum Gasteiger partial charge on any atom is -0.0838 e. The van der Waals surface area contributed by atoms with Crippen LogP contribution in [-0.4, -0.2) is 0 Å². The Balaban J connectivity index is 1.46. The number of rotatable bonds is 12. The summed E-state index contributed by atoms with van der Waals surface area (Å²) >= 11 is 0. The number of hydrogen-bond acceptors (Lipinski definition) is 0. The van der Waals surface area contributed by atoms with E-state index in [1.54, 1.807) is 11.1 Å². The van der Waals surface area contributed by atoms with E-state index in [9.17, 15) is 0 Å². The standard InChI is InChI=1S/C28H38/c1-3-5-6-7-8-9-10-11-12-13-17-23(4-2)25-20-16-21-27-26-19-15-14-18-24(26)22-28(25)27/h4,14-16,18-21H,3,5-13,17,22H2,1-2H3. The van der Waals surface area contributed by atoms with Gasteiger partial charge in [-0.2, -0.15) is 0 Å². The third kappa shape index (κ3) is 5.37. The summed E-state index contributed by atoms with van der Waals surface area (Å²) in [6.45, 7) is 4.51. The topological polar surface area (TPSA) is 0 Å². The van der Waals surface area contributed by atoms with E-state index in [1.807, 2.05) is 0 Å². The van der Waals surface area contributed by atoms with Crippen molar-refractivity contribution < 1.29 is 0 Å². The molecule has 0 atom stereocenters. The third-order valence-electron chi connectivity index (χ3n) is 6.34. The maximum absolute atomic E-state index is 2.35. The molecule has 28 heavy (non-hydrogen) atoms. The van der Waals surface area contributed by atoms with Gasteiger partial charge in [0.15, 0.2) is 0 Å². The van der Waals surface area contributed by atoms with Crippen LogP contribution in [0.1, 0.15) is 101 Å². The summed E-state index contributed by atoms with van der Waals surface area (Å²) in [6.07, 6.45) is 18.7. The number of fused-ring (bicyclic) bond motifs is 3. The van der Waals surface area contributed by atoms with E-state index < -0.39 is 0 Å². The molecule has 0 N–H and O–H groups in total. The first-order chi connectivity index (χ1) is 13.8. The van der Waals surface area contributed by atoms with Crippen molar-refractivity contribution in [1.82, 2.24) is 0 Å². The fourth-order valence-electron chi connectivity index (χ4n) is 4.70. The van der Waals surface area contributed by atoms with Gasteiger partial charge in [-0.15, -0.1) is 0 Å². The van der Waals surface area contributed by atoms with Crippen LogP contribution in [0.5, 0.6) is 0 Å². The summed E-state index contributed by atoms with van der Waals surface area (Å²) in [6, 6.07) is 15.8. The van der Waals surface area contributed by atoms with Gasteiger partial charge in [0, 0.05) is 0 Å². The van der Waals surface area contributed by atoms with Gasteiger partial charge in [0.05, 0.1) is 0 Å². The fourth-order valence-corrected chi connectivity index (χ4v) is 4.70. The molecule has 3 rings (SSSR count). The first-order valence-corrected chi connectivity index (χ1v) is 11.7. The van der Waals surface area contributed by atoms with E-state index in [0.29, 0.717) is 0 Å². The van der Waals surface area contributed by atoms with Crippen LogP contribution in [0.4, 0.5) is 0 Å². The molecular weight excluding hydrogens is 336 g/mol. The molecular formula is C28H38. The zero-order valence-corrected chi connectivity index (χ0v) is 18.1. The van der Waals surface area contributed by atoms with Gasteiger partial charge in [-0.05, 0) is 59.6 Å². The quantitative estimate of drug-likeness (QED) is 0.277. The molecule has 1 aliphatic carbocycles. The number of hydrogen-bond donors (Lipinski definition) is 0. The van der Waals surface area contributed by atoms with Gasteiger partial charge in [0.2, 0.25) is 0 Å². The second-order valence-electron chi connectivity index (χ2n) is 8.41. The molecule has 0 heterocycles. The van der Waals surface area contributed by atoms with E-state index in [2.05, 4.69) is 62.4 Å². The second kappa shape index (κ2) is 11.2. The molecule has 150 valence electrons. The van der Waals surface area contributed by atoms with Gasteiger partial charge in [0.25, 0.3) is 0 Å². The van der Waals surface area contributed by atoms with Crippen molar-refractivity contribution >= 4 is 5.57 Å². The molecule has 0 aliphatic heterocycles. The largest absolute Gasteiger partial charge is 0.0838 e. The van der Waals surface area contributed by atoms with E-state index >= 15 is 0 Å². The summed E-state index contributed by atoms with van der Waals surface area (Å²) in [7, 11) is 0. The normalized spacial score (nSPS) is 12.9. The maximum Gasteiger partial charge on any atom is -0.000740 e. The van der Waals surface area contributed by atoms with Crippen molar-refractivity contribution in [3.63, 3.8) is 0 Å². The molecule has 0 fully saturated rings. The molecule has 2 aromatic rings. The summed E-state index contributed by atoms with van der Waals surface area (Å²) in [5, 5.41) is 0. The molecule has 0 radical (unpaired) electrons. The average molecular weight is 375 g/mol. The third-order valence-corrected chi connectivity index (χ3v) is 6.34. The van der Waals surface area contributed by atoms with Crippen molar-refractivity contribution in [3.05, 3.63) is 65.2 Å². The highest BCUT2D eigenvalue weighted by atomic mass is 14.2. The van der Waals surface area contributed by atoms with Gasteiger partial charge in [0.1, 0.15) is 0 Å². The van der Waals surface area contributed by atoms with Crippen LogP contribution in [0.3, 0.4) is 0 Å². The molecule has 0 unspecified atom stereocenters. The van der Waals surface area contributed by atoms with Gasteiger partial charge in [-0.3, -0.25) is 0 Å². The van der Waals surface area contributed by atoms with Crippen LogP contribution in [0, 0.1) is 0 Å². The van der Waals surface area contributed by atoms with E-state index in [-0.39, 0.29) is 0 Å². The molecule has 0 saturated heterocycles. The van der Waals surface area contributed by atoms with Crippen molar-refractivity contribution in [2.75, 3.05) is 0 Å². The van der Waals surface area contributed by atoms with Crippen LogP contribution >= 0.6 is 0 Å². The summed E-state index contributed by atoms with van der Waals surface area (Å²) in [5.41, 5.74) is 8.96. The molecule has 0 aromatic heterocycles. The Hall–Kier alpha value is -1.82.